The predicted molar refractivity (Wildman–Crippen MR) is 146 cm³/mol. The lowest BCUT2D eigenvalue weighted by molar-refractivity contribution is -0.151. The van der Waals surface area contributed by atoms with Gasteiger partial charge < -0.3 is 35.6 Å². The number of likely N-dealkylation sites (tertiary alicyclic amines) is 1. The van der Waals surface area contributed by atoms with Crippen LogP contribution >= 0.6 is 0 Å². The first kappa shape index (κ1) is 34.0. The Balaban J connectivity index is 2.63. The lowest BCUT2D eigenvalue weighted by Crippen LogP contribution is -2.56. The van der Waals surface area contributed by atoms with Crippen LogP contribution in [0.5, 0.6) is 0 Å². The van der Waals surface area contributed by atoms with Crippen LogP contribution in [0.3, 0.4) is 0 Å². The van der Waals surface area contributed by atoms with Crippen LogP contribution in [0.2, 0.25) is 0 Å². The van der Waals surface area contributed by atoms with Crippen LogP contribution in [0.15, 0.2) is 12.2 Å². The third kappa shape index (κ3) is 12.7. The molecule has 1 aliphatic heterocycles. The van der Waals surface area contributed by atoms with Gasteiger partial charge in [0.1, 0.15) is 24.4 Å². The van der Waals surface area contributed by atoms with Gasteiger partial charge in [-0.05, 0) is 37.5 Å². The number of ether oxygens (including phenoxy) is 1. The van der Waals surface area contributed by atoms with Crippen molar-refractivity contribution in [1.82, 2.24) is 15.5 Å². The van der Waals surface area contributed by atoms with E-state index in [0.717, 1.165) is 38.5 Å². The summed E-state index contributed by atoms with van der Waals surface area (Å²) in [5.74, 6) is -0.930. The maximum atomic E-state index is 13.1. The van der Waals surface area contributed by atoms with Crippen LogP contribution in [0, 0.1) is 5.41 Å². The number of nitrogens with zero attached hydrogens (tertiary/aromatic N) is 1. The smallest absolute Gasteiger partial charge is 0.252 e. The van der Waals surface area contributed by atoms with E-state index in [1.54, 1.807) is 11.0 Å². The largest absolute Gasteiger partial charge is 0.387 e. The average Bonchev–Trinajstić information content (AvgIpc) is 3.03. The monoisotopic (exact) mass is 541 g/mol. The number of allylic oxidation sites excluding steroid dienone is 1. The Labute approximate surface area is 228 Å². The molecular formula is C28H51N3O7. The molecule has 1 rings (SSSR count). The van der Waals surface area contributed by atoms with Crippen molar-refractivity contribution in [2.75, 3.05) is 26.7 Å². The van der Waals surface area contributed by atoms with Gasteiger partial charge in [-0.25, -0.2) is 0 Å². The molecule has 38 heavy (non-hydrogen) atoms. The molecule has 0 aromatic rings. The molecule has 5 N–H and O–H groups in total. The Bertz CT molecular complexity index is 753. The molecule has 1 unspecified atom stereocenters. The number of aliphatic hydroxyl groups excluding tert-OH is 3. The number of aliphatic hydroxyl groups is 3. The van der Waals surface area contributed by atoms with Crippen molar-refractivity contribution >= 4 is 17.7 Å². The number of nitrogens with one attached hydrogen (secondary N) is 2. The van der Waals surface area contributed by atoms with Crippen LogP contribution in [-0.4, -0.2) is 95.1 Å². The van der Waals surface area contributed by atoms with E-state index in [1.165, 1.54) is 13.2 Å². The van der Waals surface area contributed by atoms with Crippen molar-refractivity contribution in [3.8, 4) is 0 Å². The molecule has 0 radical (unpaired) electrons. The van der Waals surface area contributed by atoms with Gasteiger partial charge in [-0.2, -0.15) is 0 Å². The van der Waals surface area contributed by atoms with Crippen LogP contribution in [0.25, 0.3) is 0 Å². The summed E-state index contributed by atoms with van der Waals surface area (Å²) in [5.41, 5.74) is -0.241. The minimum Gasteiger partial charge on any atom is -0.387 e. The van der Waals surface area contributed by atoms with E-state index in [-0.39, 0.29) is 17.2 Å². The molecule has 10 nitrogen and oxygen atoms in total. The van der Waals surface area contributed by atoms with E-state index in [9.17, 15) is 29.7 Å². The highest BCUT2D eigenvalue weighted by molar-refractivity contribution is 5.89. The van der Waals surface area contributed by atoms with Gasteiger partial charge in [0.2, 0.25) is 11.8 Å². The SMILES string of the molecule is CCCCCCC(=O)NCCCN1CCCCC(NC(=O)[C@H](OC)[C@H](O)[C@@H](O)[C@H](O)/C=C/C(C)(C)C)C1=O. The molecule has 220 valence electrons. The fraction of sp³-hybridized carbons (Fsp3) is 0.821. The quantitative estimate of drug-likeness (QED) is 0.147. The minimum atomic E-state index is -1.71. The Kier molecular flexibility index (Phi) is 15.7. The molecule has 0 bridgehead atoms. The van der Waals surface area contributed by atoms with Gasteiger partial charge in [0.05, 0.1) is 0 Å². The van der Waals surface area contributed by atoms with Gasteiger partial charge in [-0.15, -0.1) is 0 Å². The predicted octanol–water partition coefficient (Wildman–Crippen LogP) is 1.66. The molecule has 3 amide bonds. The van der Waals surface area contributed by atoms with Crippen molar-refractivity contribution < 1.29 is 34.4 Å². The van der Waals surface area contributed by atoms with Crippen LogP contribution in [0.1, 0.15) is 85.5 Å². The first-order chi connectivity index (χ1) is 17.9. The highest BCUT2D eigenvalue weighted by Gasteiger charge is 2.37. The Morgan fingerprint density at radius 3 is 2.45 bits per heavy atom. The number of hydrogen-bond acceptors (Lipinski definition) is 7. The zero-order valence-corrected chi connectivity index (χ0v) is 23.9. The first-order valence-corrected chi connectivity index (χ1v) is 14.0. The molecule has 1 saturated heterocycles. The molecule has 0 spiro atoms. The van der Waals surface area contributed by atoms with E-state index < -0.39 is 36.4 Å². The standard InChI is InChI=1S/C28H51N3O7/c1-6-7-8-9-14-22(33)29-17-12-19-31-18-11-10-13-20(27(31)37)30-26(36)25(38-5)24(35)23(34)21(32)15-16-28(2,3)4/h15-16,20-21,23-25,32,34-35H,6-14,17-19H2,1-5H3,(H,29,33)(H,30,36)/b16-15+/t20?,21-,23+,24-,25-/m1/s1. The van der Waals surface area contributed by atoms with E-state index in [0.29, 0.717) is 38.9 Å². The molecule has 10 heteroatoms. The summed E-state index contributed by atoms with van der Waals surface area (Å²) in [6, 6.07) is -0.786. The summed E-state index contributed by atoms with van der Waals surface area (Å²) < 4.78 is 5.15. The van der Waals surface area contributed by atoms with Gasteiger partial charge >= 0.3 is 0 Å². The zero-order chi connectivity index (χ0) is 28.7. The van der Waals surface area contributed by atoms with Crippen molar-refractivity contribution in [1.29, 1.82) is 0 Å². The van der Waals surface area contributed by atoms with Crippen molar-refractivity contribution in [3.05, 3.63) is 12.2 Å². The third-order valence-corrected chi connectivity index (χ3v) is 6.60. The van der Waals surface area contributed by atoms with Crippen LogP contribution in [0.4, 0.5) is 0 Å². The first-order valence-electron chi connectivity index (χ1n) is 14.0. The molecule has 0 aromatic carbocycles. The highest BCUT2D eigenvalue weighted by atomic mass is 16.5. The number of carbonyl (C=O) groups is 3. The molecule has 0 saturated carbocycles. The number of carbonyl (C=O) groups excluding carboxylic acids is 3. The minimum absolute atomic E-state index is 0.0267. The molecule has 1 fully saturated rings. The lowest BCUT2D eigenvalue weighted by atomic mass is 9.94. The van der Waals surface area contributed by atoms with Gasteiger partial charge in [0.25, 0.3) is 5.91 Å². The molecule has 5 atom stereocenters. The summed E-state index contributed by atoms with van der Waals surface area (Å²) in [4.78, 5) is 39.7. The van der Waals surface area contributed by atoms with Crippen LogP contribution < -0.4 is 10.6 Å². The van der Waals surface area contributed by atoms with E-state index in [4.69, 9.17) is 4.74 Å². The highest BCUT2D eigenvalue weighted by Crippen LogP contribution is 2.18. The Morgan fingerprint density at radius 1 is 1.11 bits per heavy atom. The van der Waals surface area contributed by atoms with E-state index in [1.807, 2.05) is 20.8 Å². The summed E-state index contributed by atoms with van der Waals surface area (Å²) in [7, 11) is 1.22. The normalized spacial score (nSPS) is 20.1. The second-order valence-corrected chi connectivity index (χ2v) is 11.2. The maximum Gasteiger partial charge on any atom is 0.252 e. The molecule has 1 heterocycles. The molecule has 0 aromatic heterocycles. The zero-order valence-electron chi connectivity index (χ0n) is 23.9. The fourth-order valence-electron chi connectivity index (χ4n) is 4.30. The average molecular weight is 542 g/mol. The van der Waals surface area contributed by atoms with Crippen molar-refractivity contribution in [2.24, 2.45) is 5.41 Å². The Morgan fingerprint density at radius 2 is 1.82 bits per heavy atom. The fourth-order valence-corrected chi connectivity index (χ4v) is 4.30. The van der Waals surface area contributed by atoms with Crippen molar-refractivity contribution in [3.63, 3.8) is 0 Å². The summed E-state index contributed by atoms with van der Waals surface area (Å²) in [6.45, 7) is 9.40. The number of amides is 3. The topological polar surface area (TPSA) is 148 Å². The van der Waals surface area contributed by atoms with Gasteiger partial charge in [0, 0.05) is 33.2 Å². The summed E-state index contributed by atoms with van der Waals surface area (Å²) >= 11 is 0. The molecular weight excluding hydrogens is 490 g/mol. The lowest BCUT2D eigenvalue weighted by Gasteiger charge is -2.29. The summed E-state index contributed by atoms with van der Waals surface area (Å²) in [5, 5.41) is 36.8. The second kappa shape index (κ2) is 17.6. The second-order valence-electron chi connectivity index (χ2n) is 11.2. The number of methoxy groups -OCH3 is 1. The van der Waals surface area contributed by atoms with Gasteiger partial charge in [-0.3, -0.25) is 14.4 Å². The summed E-state index contributed by atoms with van der Waals surface area (Å²) in [6.07, 6.45) is 4.12. The van der Waals surface area contributed by atoms with Gasteiger partial charge in [0.15, 0.2) is 6.10 Å². The Hall–Kier alpha value is -2.01. The molecule has 0 aliphatic carbocycles. The van der Waals surface area contributed by atoms with E-state index >= 15 is 0 Å². The van der Waals surface area contributed by atoms with Gasteiger partial charge in [-0.1, -0.05) is 59.1 Å². The number of unbranched alkanes of at least 4 members (excludes halogenated alkanes) is 3. The van der Waals surface area contributed by atoms with Crippen molar-refractivity contribution in [2.45, 2.75) is 116 Å². The third-order valence-electron chi connectivity index (χ3n) is 6.60. The maximum absolute atomic E-state index is 13.1. The molecule has 1 aliphatic rings. The number of hydrogen-bond donors (Lipinski definition) is 5. The van der Waals surface area contributed by atoms with E-state index in [2.05, 4.69) is 17.6 Å². The number of rotatable bonds is 16. The van der Waals surface area contributed by atoms with Crippen LogP contribution in [-0.2, 0) is 19.1 Å².